The van der Waals surface area contributed by atoms with Gasteiger partial charge in [0.15, 0.2) is 0 Å². The number of aliphatic imine (C=N–C) groups is 1. The lowest BCUT2D eigenvalue weighted by Gasteiger charge is -2.08. The van der Waals surface area contributed by atoms with E-state index in [9.17, 15) is 4.79 Å². The van der Waals surface area contributed by atoms with Gasteiger partial charge in [-0.1, -0.05) is 49.4 Å². The number of hydrogen-bond donors (Lipinski definition) is 1. The largest absolute Gasteiger partial charge is 0.352 e. The minimum atomic E-state index is -0.0572. The number of rotatable bonds is 5. The van der Waals surface area contributed by atoms with Gasteiger partial charge in [0, 0.05) is 33.7 Å². The molecule has 4 rings (SSSR count). The van der Waals surface area contributed by atoms with Crippen molar-refractivity contribution in [2.75, 3.05) is 6.54 Å². The topological polar surface area (TPSA) is 54.4 Å². The molecule has 0 saturated heterocycles. The van der Waals surface area contributed by atoms with Gasteiger partial charge in [-0.15, -0.1) is 0 Å². The van der Waals surface area contributed by atoms with Crippen molar-refractivity contribution in [3.8, 4) is 0 Å². The highest BCUT2D eigenvalue weighted by Crippen LogP contribution is 2.41. The molecule has 3 aromatic rings. The van der Waals surface area contributed by atoms with E-state index >= 15 is 0 Å². The Morgan fingerprint density at radius 1 is 1.07 bits per heavy atom. The van der Waals surface area contributed by atoms with E-state index in [4.69, 9.17) is 4.99 Å². The zero-order valence-electron chi connectivity index (χ0n) is 16.6. The van der Waals surface area contributed by atoms with Crippen molar-refractivity contribution < 1.29 is 4.79 Å². The number of hydrogen-bond acceptors (Lipinski definition) is 4. The third-order valence-electron chi connectivity index (χ3n) is 4.79. The van der Waals surface area contributed by atoms with E-state index in [-0.39, 0.29) is 5.91 Å². The molecule has 1 N–H and O–H groups in total. The summed E-state index contributed by atoms with van der Waals surface area (Å²) >= 11 is 1.67. The number of fused-ring (bicyclic) bond motifs is 2. The van der Waals surface area contributed by atoms with Crippen LogP contribution in [-0.4, -0.2) is 23.1 Å². The van der Waals surface area contributed by atoms with Gasteiger partial charge in [0.1, 0.15) is 0 Å². The Kier molecular flexibility index (Phi) is 5.76. The van der Waals surface area contributed by atoms with E-state index in [1.54, 1.807) is 11.8 Å². The standard InChI is InChI=1S/C24H23N3OS/c1-3-4-13-25-24(28)17-10-12-22-20(14-17)27-23(19-11-9-16(2)15-26-19)18-7-5-6-8-21(18)29-22/h5-12,14-15H,3-4,13H2,1-2H3,(H,25,28). The molecule has 0 atom stereocenters. The van der Waals surface area contributed by atoms with Gasteiger partial charge >= 0.3 is 0 Å². The molecule has 1 aliphatic heterocycles. The van der Waals surface area contributed by atoms with E-state index < -0.39 is 0 Å². The maximum Gasteiger partial charge on any atom is 0.251 e. The zero-order valence-corrected chi connectivity index (χ0v) is 17.4. The van der Waals surface area contributed by atoms with Gasteiger partial charge in [-0.3, -0.25) is 9.78 Å². The SMILES string of the molecule is CCCCNC(=O)c1ccc2c(c1)N=C(c1ccc(C)cn1)c1ccccc1S2. The minimum absolute atomic E-state index is 0.0572. The molecule has 4 nitrogen and oxygen atoms in total. The van der Waals surface area contributed by atoms with Gasteiger partial charge in [0.2, 0.25) is 0 Å². The van der Waals surface area contributed by atoms with Crippen molar-refractivity contribution in [3.63, 3.8) is 0 Å². The third kappa shape index (κ3) is 4.25. The van der Waals surface area contributed by atoms with Crippen LogP contribution >= 0.6 is 11.8 Å². The molecule has 0 unspecified atom stereocenters. The summed E-state index contributed by atoms with van der Waals surface area (Å²) in [6.45, 7) is 4.82. The number of nitrogens with zero attached hydrogens (tertiary/aromatic N) is 2. The van der Waals surface area contributed by atoms with Crippen LogP contribution in [0.4, 0.5) is 5.69 Å². The second-order valence-electron chi connectivity index (χ2n) is 7.07. The highest BCUT2D eigenvalue weighted by atomic mass is 32.2. The number of aryl methyl sites for hydroxylation is 1. The number of pyridine rings is 1. The normalized spacial score (nSPS) is 12.4. The first-order valence-electron chi connectivity index (χ1n) is 9.87. The zero-order chi connectivity index (χ0) is 20.2. The van der Waals surface area contributed by atoms with E-state index in [1.165, 1.54) is 0 Å². The van der Waals surface area contributed by atoms with Crippen LogP contribution in [0.5, 0.6) is 0 Å². The first kappa shape index (κ1) is 19.4. The first-order valence-corrected chi connectivity index (χ1v) is 10.7. The number of nitrogens with one attached hydrogen (secondary N) is 1. The maximum atomic E-state index is 12.5. The van der Waals surface area contributed by atoms with E-state index in [2.05, 4.69) is 29.4 Å². The summed E-state index contributed by atoms with van der Waals surface area (Å²) in [6, 6.07) is 18.0. The van der Waals surface area contributed by atoms with Crippen LogP contribution in [0.2, 0.25) is 0 Å². The second-order valence-corrected chi connectivity index (χ2v) is 8.16. The van der Waals surface area contributed by atoms with Gasteiger partial charge in [-0.25, -0.2) is 4.99 Å². The number of amides is 1. The Labute approximate surface area is 175 Å². The van der Waals surface area contributed by atoms with Crippen LogP contribution in [0.25, 0.3) is 0 Å². The van der Waals surface area contributed by atoms with Crippen LogP contribution in [-0.2, 0) is 0 Å². The summed E-state index contributed by atoms with van der Waals surface area (Å²) in [5.74, 6) is -0.0572. The third-order valence-corrected chi connectivity index (χ3v) is 5.93. The number of carbonyl (C=O) groups is 1. The molecule has 0 fully saturated rings. The number of carbonyl (C=O) groups excluding carboxylic acids is 1. The molecule has 5 heteroatoms. The van der Waals surface area contributed by atoms with E-state index in [1.807, 2.05) is 55.6 Å². The van der Waals surface area contributed by atoms with Gasteiger partial charge in [-0.2, -0.15) is 0 Å². The van der Waals surface area contributed by atoms with Crippen LogP contribution in [0.15, 0.2) is 75.6 Å². The van der Waals surface area contributed by atoms with E-state index in [0.29, 0.717) is 12.1 Å². The van der Waals surface area contributed by atoms with E-state index in [0.717, 1.165) is 50.9 Å². The summed E-state index contributed by atoms with van der Waals surface area (Å²) in [5.41, 5.74) is 5.25. The molecule has 2 heterocycles. The Hall–Kier alpha value is -2.92. The summed E-state index contributed by atoms with van der Waals surface area (Å²) in [6.07, 6.45) is 3.89. The molecular weight excluding hydrogens is 378 g/mol. The maximum absolute atomic E-state index is 12.5. The smallest absolute Gasteiger partial charge is 0.251 e. The lowest BCUT2D eigenvalue weighted by Crippen LogP contribution is -2.24. The fourth-order valence-electron chi connectivity index (χ4n) is 3.17. The summed E-state index contributed by atoms with van der Waals surface area (Å²) in [7, 11) is 0. The lowest BCUT2D eigenvalue weighted by molar-refractivity contribution is 0.0953. The fraction of sp³-hybridized carbons (Fsp3) is 0.208. The molecule has 0 radical (unpaired) electrons. The molecule has 146 valence electrons. The quantitative estimate of drug-likeness (QED) is 0.446. The average Bonchev–Trinajstić information content (AvgIpc) is 2.90. The Morgan fingerprint density at radius 3 is 2.72 bits per heavy atom. The van der Waals surface area contributed by atoms with Gasteiger partial charge < -0.3 is 5.32 Å². The Morgan fingerprint density at radius 2 is 1.93 bits per heavy atom. The van der Waals surface area contributed by atoms with Crippen molar-refractivity contribution >= 4 is 29.1 Å². The highest BCUT2D eigenvalue weighted by Gasteiger charge is 2.20. The molecule has 0 aliphatic carbocycles. The van der Waals surface area contributed by atoms with Gasteiger partial charge in [0.05, 0.1) is 17.1 Å². The first-order chi connectivity index (χ1) is 14.2. The van der Waals surface area contributed by atoms with Crippen LogP contribution < -0.4 is 5.32 Å². The molecule has 29 heavy (non-hydrogen) atoms. The summed E-state index contributed by atoms with van der Waals surface area (Å²) < 4.78 is 0. The lowest BCUT2D eigenvalue weighted by atomic mass is 10.1. The minimum Gasteiger partial charge on any atom is -0.352 e. The van der Waals surface area contributed by atoms with Crippen LogP contribution in [0, 0.1) is 6.92 Å². The van der Waals surface area contributed by atoms with Crippen molar-refractivity contribution in [2.45, 2.75) is 36.5 Å². The number of benzene rings is 2. The fourth-order valence-corrected chi connectivity index (χ4v) is 4.17. The number of aromatic nitrogens is 1. The van der Waals surface area contributed by atoms with Crippen molar-refractivity contribution in [2.24, 2.45) is 4.99 Å². The van der Waals surface area contributed by atoms with Gasteiger partial charge in [-0.05, 0) is 49.2 Å². The Balaban J connectivity index is 1.78. The molecule has 2 aromatic carbocycles. The molecule has 1 aliphatic rings. The van der Waals surface area contributed by atoms with Crippen molar-refractivity contribution in [3.05, 3.63) is 83.2 Å². The molecule has 1 amide bonds. The molecule has 0 spiro atoms. The summed E-state index contributed by atoms with van der Waals surface area (Å²) in [5, 5.41) is 2.98. The second kappa shape index (κ2) is 8.62. The van der Waals surface area contributed by atoms with Crippen molar-refractivity contribution in [1.29, 1.82) is 0 Å². The average molecular weight is 402 g/mol. The van der Waals surface area contributed by atoms with Crippen LogP contribution in [0.1, 0.15) is 46.9 Å². The predicted octanol–water partition coefficient (Wildman–Crippen LogP) is 5.55. The highest BCUT2D eigenvalue weighted by molar-refractivity contribution is 7.99. The van der Waals surface area contributed by atoms with Crippen molar-refractivity contribution in [1.82, 2.24) is 10.3 Å². The van der Waals surface area contributed by atoms with Gasteiger partial charge in [0.25, 0.3) is 5.91 Å². The number of unbranched alkanes of at least 4 members (excludes halogenated alkanes) is 1. The Bertz CT molecular complexity index is 1070. The molecular formula is C24H23N3OS. The molecule has 1 aromatic heterocycles. The molecule has 0 saturated carbocycles. The monoisotopic (exact) mass is 401 g/mol. The predicted molar refractivity (Wildman–Crippen MR) is 119 cm³/mol. The molecule has 0 bridgehead atoms. The van der Waals surface area contributed by atoms with Crippen LogP contribution in [0.3, 0.4) is 0 Å². The summed E-state index contributed by atoms with van der Waals surface area (Å²) in [4.78, 5) is 24.3.